The van der Waals surface area contributed by atoms with Crippen LogP contribution in [0.3, 0.4) is 0 Å². The molecule has 5 heterocycles. The second-order valence-corrected chi connectivity index (χ2v) is 11.3. The van der Waals surface area contributed by atoms with E-state index in [1.165, 1.54) is 12.8 Å². The van der Waals surface area contributed by atoms with Crippen molar-refractivity contribution in [2.75, 3.05) is 43.0 Å². The summed E-state index contributed by atoms with van der Waals surface area (Å²) in [7, 11) is 0. The van der Waals surface area contributed by atoms with Gasteiger partial charge < -0.3 is 15.3 Å². The number of alkyl halides is 2. The van der Waals surface area contributed by atoms with Gasteiger partial charge in [0.05, 0.1) is 10.2 Å². The number of aliphatic hydroxyl groups is 1. The smallest absolute Gasteiger partial charge is 0.250 e. The van der Waals surface area contributed by atoms with Gasteiger partial charge in [0.25, 0.3) is 5.92 Å². The van der Waals surface area contributed by atoms with Crippen LogP contribution in [-0.2, 0) is 6.54 Å². The molecule has 0 aromatic carbocycles. The number of hydrogen-bond acceptors (Lipinski definition) is 8. The van der Waals surface area contributed by atoms with Gasteiger partial charge >= 0.3 is 0 Å². The van der Waals surface area contributed by atoms with E-state index < -0.39 is 5.92 Å². The van der Waals surface area contributed by atoms with Gasteiger partial charge in [-0.15, -0.1) is 11.3 Å². The molecule has 0 bridgehead atoms. The van der Waals surface area contributed by atoms with Crippen molar-refractivity contribution in [1.29, 1.82) is 0 Å². The third-order valence-electron chi connectivity index (χ3n) is 7.39. The standard InChI is InChI=1S/C24H31F2N7OS/c25-24(26)5-9-32(10-6-24)13-17-11-19-21(35-17)22(28-20-12-18(30-31-20)16-1-2-16)29-23(27-19)33-7-3-15(14-34)4-8-33/h11-12,15-16,34H,1-10,13-14H2,(H2,27,28,29,30,31). The van der Waals surface area contributed by atoms with E-state index in [0.29, 0.717) is 37.4 Å². The highest BCUT2D eigenvalue weighted by atomic mass is 32.1. The maximum Gasteiger partial charge on any atom is 0.250 e. The monoisotopic (exact) mass is 503 g/mol. The van der Waals surface area contributed by atoms with E-state index in [1.807, 2.05) is 0 Å². The van der Waals surface area contributed by atoms with E-state index in [-0.39, 0.29) is 19.4 Å². The molecule has 0 atom stereocenters. The van der Waals surface area contributed by atoms with Gasteiger partial charge in [-0.05, 0) is 37.7 Å². The van der Waals surface area contributed by atoms with Crippen molar-refractivity contribution in [3.8, 4) is 0 Å². The molecule has 35 heavy (non-hydrogen) atoms. The van der Waals surface area contributed by atoms with Crippen LogP contribution in [0.5, 0.6) is 0 Å². The van der Waals surface area contributed by atoms with Crippen LogP contribution in [0.2, 0.25) is 0 Å². The molecule has 0 radical (unpaired) electrons. The third-order valence-corrected chi connectivity index (χ3v) is 8.51. The molecule has 0 spiro atoms. The highest BCUT2D eigenvalue weighted by Crippen LogP contribution is 2.40. The molecule has 3 aromatic heterocycles. The summed E-state index contributed by atoms with van der Waals surface area (Å²) in [4.78, 5) is 15.2. The molecule has 3 fully saturated rings. The van der Waals surface area contributed by atoms with Crippen LogP contribution in [0.25, 0.3) is 10.2 Å². The lowest BCUT2D eigenvalue weighted by Crippen LogP contribution is -2.38. The van der Waals surface area contributed by atoms with E-state index in [0.717, 1.165) is 58.4 Å². The number of anilines is 3. The predicted molar refractivity (Wildman–Crippen MR) is 133 cm³/mol. The molecule has 2 aliphatic heterocycles. The summed E-state index contributed by atoms with van der Waals surface area (Å²) in [5.41, 5.74) is 2.01. The molecule has 1 saturated carbocycles. The molecule has 3 aromatic rings. The van der Waals surface area contributed by atoms with Gasteiger partial charge in [0.2, 0.25) is 5.95 Å². The molecule has 2 saturated heterocycles. The number of H-pyrrole nitrogens is 1. The largest absolute Gasteiger partial charge is 0.396 e. The molecule has 8 nitrogen and oxygen atoms in total. The zero-order valence-electron chi connectivity index (χ0n) is 19.6. The van der Waals surface area contributed by atoms with Crippen molar-refractivity contribution in [2.24, 2.45) is 5.92 Å². The number of fused-ring (bicyclic) bond motifs is 1. The fourth-order valence-corrected chi connectivity index (χ4v) is 6.05. The number of piperidine rings is 2. The van der Waals surface area contributed by atoms with Crippen molar-refractivity contribution >= 4 is 39.1 Å². The summed E-state index contributed by atoms with van der Waals surface area (Å²) in [5.74, 6) is 0.519. The summed E-state index contributed by atoms with van der Waals surface area (Å²) in [6.07, 6.45) is 4.06. The fraction of sp³-hybridized carbons (Fsp3) is 0.625. The lowest BCUT2D eigenvalue weighted by Gasteiger charge is -2.31. The van der Waals surface area contributed by atoms with Crippen LogP contribution >= 0.6 is 11.3 Å². The first-order valence-corrected chi connectivity index (χ1v) is 13.4. The average Bonchev–Trinajstić information content (AvgIpc) is 3.46. The third kappa shape index (κ3) is 5.12. The van der Waals surface area contributed by atoms with E-state index in [2.05, 4.69) is 37.4 Å². The first kappa shape index (κ1) is 23.1. The Morgan fingerprint density at radius 2 is 1.86 bits per heavy atom. The molecule has 0 amide bonds. The summed E-state index contributed by atoms with van der Waals surface area (Å²) >= 11 is 1.62. The lowest BCUT2D eigenvalue weighted by molar-refractivity contribution is -0.0564. The molecule has 6 rings (SSSR count). The van der Waals surface area contributed by atoms with Crippen LogP contribution in [-0.4, -0.2) is 68.9 Å². The Balaban J connectivity index is 1.28. The van der Waals surface area contributed by atoms with Crippen LogP contribution in [0.1, 0.15) is 55.0 Å². The number of likely N-dealkylation sites (tertiary alicyclic amines) is 1. The zero-order chi connectivity index (χ0) is 24.0. The van der Waals surface area contributed by atoms with Gasteiger partial charge in [0.15, 0.2) is 11.6 Å². The lowest BCUT2D eigenvalue weighted by atomic mass is 9.98. The molecule has 3 aliphatic rings. The zero-order valence-corrected chi connectivity index (χ0v) is 20.5. The number of halogens is 2. The van der Waals surface area contributed by atoms with Gasteiger partial charge in [0.1, 0.15) is 0 Å². The molecule has 11 heteroatoms. The second-order valence-electron chi connectivity index (χ2n) is 10.2. The quantitative estimate of drug-likeness (QED) is 0.438. The average molecular weight is 504 g/mol. The normalized spacial score (nSPS) is 21.6. The molecule has 188 valence electrons. The SMILES string of the molecule is OCC1CCN(c2nc(Nc3cc(C4CC4)[nH]n3)c3sc(CN4CCC(F)(F)CC4)cc3n2)CC1. The number of rotatable bonds is 7. The van der Waals surface area contributed by atoms with E-state index >= 15 is 0 Å². The minimum atomic E-state index is -2.54. The van der Waals surface area contributed by atoms with Crippen LogP contribution < -0.4 is 10.2 Å². The van der Waals surface area contributed by atoms with Crippen molar-refractivity contribution in [3.05, 3.63) is 22.7 Å². The van der Waals surface area contributed by atoms with Crippen molar-refractivity contribution in [1.82, 2.24) is 25.1 Å². The van der Waals surface area contributed by atoms with E-state index in [1.54, 1.807) is 11.3 Å². The van der Waals surface area contributed by atoms with Gasteiger partial charge in [-0.25, -0.2) is 13.8 Å². The minimum Gasteiger partial charge on any atom is -0.396 e. The van der Waals surface area contributed by atoms with Crippen LogP contribution in [0, 0.1) is 5.92 Å². The molecule has 0 unspecified atom stereocenters. The Morgan fingerprint density at radius 1 is 1.09 bits per heavy atom. The Labute approximate surface area is 206 Å². The Kier molecular flexibility index (Phi) is 6.10. The number of nitrogens with zero attached hydrogens (tertiary/aromatic N) is 5. The number of thiophene rings is 1. The number of hydrogen-bond donors (Lipinski definition) is 3. The second kappa shape index (κ2) is 9.25. The van der Waals surface area contributed by atoms with Crippen LogP contribution in [0.15, 0.2) is 12.1 Å². The molecule has 1 aliphatic carbocycles. The highest BCUT2D eigenvalue weighted by Gasteiger charge is 2.34. The predicted octanol–water partition coefficient (Wildman–Crippen LogP) is 4.48. The maximum atomic E-state index is 13.6. The molecular weight excluding hydrogens is 472 g/mol. The molecular formula is C24H31F2N7OS. The topological polar surface area (TPSA) is 93.2 Å². The fourth-order valence-electron chi connectivity index (χ4n) is 4.97. The number of aromatic nitrogens is 4. The Morgan fingerprint density at radius 3 is 2.57 bits per heavy atom. The summed E-state index contributed by atoms with van der Waals surface area (Å²) in [6, 6.07) is 4.13. The van der Waals surface area contributed by atoms with Gasteiger partial charge in [-0.2, -0.15) is 10.1 Å². The van der Waals surface area contributed by atoms with Crippen molar-refractivity contribution in [3.63, 3.8) is 0 Å². The first-order chi connectivity index (χ1) is 17.0. The molecule has 3 N–H and O–H groups in total. The number of nitrogens with one attached hydrogen (secondary N) is 2. The van der Waals surface area contributed by atoms with Crippen LogP contribution in [0.4, 0.5) is 26.4 Å². The van der Waals surface area contributed by atoms with Gasteiger partial charge in [-0.1, -0.05) is 0 Å². The summed E-state index contributed by atoms with van der Waals surface area (Å²) in [6.45, 7) is 3.29. The number of aliphatic hydroxyl groups excluding tert-OH is 1. The highest BCUT2D eigenvalue weighted by molar-refractivity contribution is 7.19. The number of aromatic amines is 1. The minimum absolute atomic E-state index is 0.0824. The van der Waals surface area contributed by atoms with Gasteiger partial charge in [0, 0.05) is 74.7 Å². The Hall–Kier alpha value is -2.37. The van der Waals surface area contributed by atoms with E-state index in [9.17, 15) is 13.9 Å². The van der Waals surface area contributed by atoms with Gasteiger partial charge in [-0.3, -0.25) is 10.00 Å². The Bertz CT molecular complexity index is 1180. The maximum absolute atomic E-state index is 13.6. The summed E-state index contributed by atoms with van der Waals surface area (Å²) < 4.78 is 28.1. The van der Waals surface area contributed by atoms with Crippen molar-refractivity contribution in [2.45, 2.75) is 56.9 Å². The first-order valence-electron chi connectivity index (χ1n) is 12.5. The van der Waals surface area contributed by atoms with Crippen molar-refractivity contribution < 1.29 is 13.9 Å². The van der Waals surface area contributed by atoms with E-state index in [4.69, 9.17) is 9.97 Å². The summed E-state index contributed by atoms with van der Waals surface area (Å²) in [5, 5.41) is 20.5.